The van der Waals surface area contributed by atoms with Gasteiger partial charge in [0, 0.05) is 5.02 Å². The number of carbonyl (C=O) groups is 1. The standard InChI is InChI=1S/C12H13ClO2/c1-9(8-12(14)15-2)7-10-3-5-11(13)6-4-10/h3-6H,1,7-8H2,2H3. The average molecular weight is 225 g/mol. The second-order valence-corrected chi connectivity index (χ2v) is 3.74. The molecular weight excluding hydrogens is 212 g/mol. The Labute approximate surface area is 94.5 Å². The van der Waals surface area contributed by atoms with Gasteiger partial charge in [0.25, 0.3) is 0 Å². The minimum absolute atomic E-state index is 0.256. The predicted molar refractivity (Wildman–Crippen MR) is 60.9 cm³/mol. The molecule has 0 fully saturated rings. The van der Waals surface area contributed by atoms with Gasteiger partial charge in [-0.2, -0.15) is 0 Å². The molecule has 0 aromatic heterocycles. The molecule has 1 aromatic rings. The molecule has 0 saturated heterocycles. The Kier molecular flexibility index (Phi) is 4.37. The van der Waals surface area contributed by atoms with E-state index in [-0.39, 0.29) is 12.4 Å². The highest BCUT2D eigenvalue weighted by molar-refractivity contribution is 6.30. The number of ether oxygens (including phenoxy) is 1. The summed E-state index contributed by atoms with van der Waals surface area (Å²) in [5.41, 5.74) is 1.93. The van der Waals surface area contributed by atoms with Crippen LogP contribution < -0.4 is 0 Å². The van der Waals surface area contributed by atoms with Crippen LogP contribution in [-0.4, -0.2) is 13.1 Å². The second-order valence-electron chi connectivity index (χ2n) is 3.31. The van der Waals surface area contributed by atoms with Crippen molar-refractivity contribution in [3.8, 4) is 0 Å². The molecule has 0 bridgehead atoms. The van der Waals surface area contributed by atoms with E-state index in [2.05, 4.69) is 11.3 Å². The summed E-state index contributed by atoms with van der Waals surface area (Å²) in [5, 5.41) is 0.706. The Hall–Kier alpha value is -1.28. The molecule has 0 aliphatic heterocycles. The lowest BCUT2D eigenvalue weighted by atomic mass is 10.0. The Morgan fingerprint density at radius 2 is 2.00 bits per heavy atom. The third kappa shape index (κ3) is 4.17. The molecule has 0 aliphatic carbocycles. The van der Waals surface area contributed by atoms with Crippen molar-refractivity contribution in [2.75, 3.05) is 7.11 Å². The van der Waals surface area contributed by atoms with E-state index in [1.54, 1.807) is 0 Å². The van der Waals surface area contributed by atoms with Crippen LogP contribution in [0.1, 0.15) is 12.0 Å². The highest BCUT2D eigenvalue weighted by atomic mass is 35.5. The lowest BCUT2D eigenvalue weighted by molar-refractivity contribution is -0.139. The van der Waals surface area contributed by atoms with Gasteiger partial charge in [-0.25, -0.2) is 0 Å². The first kappa shape index (κ1) is 11.8. The number of carbonyl (C=O) groups excluding carboxylic acids is 1. The van der Waals surface area contributed by atoms with Crippen LogP contribution in [0.4, 0.5) is 0 Å². The maximum absolute atomic E-state index is 11.0. The Morgan fingerprint density at radius 3 is 2.53 bits per heavy atom. The van der Waals surface area contributed by atoms with Crippen molar-refractivity contribution in [3.63, 3.8) is 0 Å². The zero-order valence-corrected chi connectivity index (χ0v) is 9.38. The summed E-state index contributed by atoms with van der Waals surface area (Å²) in [6.07, 6.45) is 0.936. The predicted octanol–water partition coefficient (Wildman–Crippen LogP) is 3.00. The van der Waals surface area contributed by atoms with Crippen LogP contribution in [0.3, 0.4) is 0 Å². The summed E-state index contributed by atoms with van der Waals surface area (Å²) in [5.74, 6) is -0.256. The molecule has 0 radical (unpaired) electrons. The van der Waals surface area contributed by atoms with Gasteiger partial charge in [-0.1, -0.05) is 35.9 Å². The van der Waals surface area contributed by atoms with E-state index in [1.807, 2.05) is 24.3 Å². The fourth-order valence-corrected chi connectivity index (χ4v) is 1.36. The van der Waals surface area contributed by atoms with E-state index >= 15 is 0 Å². The monoisotopic (exact) mass is 224 g/mol. The number of benzene rings is 1. The summed E-state index contributed by atoms with van der Waals surface area (Å²) in [6, 6.07) is 7.49. The van der Waals surface area contributed by atoms with Gasteiger partial charge in [0.2, 0.25) is 0 Å². The molecule has 15 heavy (non-hydrogen) atoms. The number of hydrogen-bond donors (Lipinski definition) is 0. The summed E-state index contributed by atoms with van der Waals surface area (Å²) < 4.78 is 4.56. The minimum Gasteiger partial charge on any atom is -0.469 e. The van der Waals surface area contributed by atoms with Gasteiger partial charge in [0.15, 0.2) is 0 Å². The molecular formula is C12H13ClO2. The molecule has 0 heterocycles. The smallest absolute Gasteiger partial charge is 0.309 e. The maximum atomic E-state index is 11.0. The summed E-state index contributed by atoms with van der Waals surface area (Å²) in [7, 11) is 1.37. The van der Waals surface area contributed by atoms with Gasteiger partial charge in [0.05, 0.1) is 13.5 Å². The van der Waals surface area contributed by atoms with Crippen LogP contribution in [-0.2, 0) is 16.0 Å². The fraction of sp³-hybridized carbons (Fsp3) is 0.250. The first-order chi connectivity index (χ1) is 7.11. The van der Waals surface area contributed by atoms with Crippen molar-refractivity contribution in [2.45, 2.75) is 12.8 Å². The zero-order chi connectivity index (χ0) is 11.3. The molecule has 0 aliphatic rings. The second kappa shape index (κ2) is 5.56. The molecule has 0 amide bonds. The van der Waals surface area contributed by atoms with Crippen LogP contribution >= 0.6 is 11.6 Å². The van der Waals surface area contributed by atoms with Crippen molar-refractivity contribution >= 4 is 17.6 Å². The Morgan fingerprint density at radius 1 is 1.40 bits per heavy atom. The van der Waals surface area contributed by atoms with Crippen LogP contribution in [0.5, 0.6) is 0 Å². The van der Waals surface area contributed by atoms with Crippen LogP contribution in [0.2, 0.25) is 5.02 Å². The molecule has 3 heteroatoms. The molecule has 1 aromatic carbocycles. The van der Waals surface area contributed by atoms with Gasteiger partial charge in [-0.05, 0) is 24.1 Å². The Balaban J connectivity index is 2.51. The van der Waals surface area contributed by atoms with Crippen molar-refractivity contribution < 1.29 is 9.53 Å². The van der Waals surface area contributed by atoms with Gasteiger partial charge >= 0.3 is 5.97 Å². The van der Waals surface area contributed by atoms with E-state index in [1.165, 1.54) is 7.11 Å². The third-order valence-electron chi connectivity index (χ3n) is 1.99. The number of esters is 1. The summed E-state index contributed by atoms with van der Waals surface area (Å²) in [6.45, 7) is 3.83. The highest BCUT2D eigenvalue weighted by Gasteiger charge is 2.04. The molecule has 0 N–H and O–H groups in total. The lowest BCUT2D eigenvalue weighted by Crippen LogP contribution is -2.02. The van der Waals surface area contributed by atoms with E-state index in [9.17, 15) is 4.79 Å². The van der Waals surface area contributed by atoms with Crippen molar-refractivity contribution in [3.05, 3.63) is 47.0 Å². The van der Waals surface area contributed by atoms with Crippen molar-refractivity contribution in [1.82, 2.24) is 0 Å². The fourth-order valence-electron chi connectivity index (χ4n) is 1.23. The minimum atomic E-state index is -0.256. The van der Waals surface area contributed by atoms with E-state index in [4.69, 9.17) is 11.6 Å². The third-order valence-corrected chi connectivity index (χ3v) is 2.24. The van der Waals surface area contributed by atoms with Crippen molar-refractivity contribution in [1.29, 1.82) is 0 Å². The topological polar surface area (TPSA) is 26.3 Å². The first-order valence-electron chi connectivity index (χ1n) is 4.59. The summed E-state index contributed by atoms with van der Waals surface area (Å²) in [4.78, 5) is 11.0. The first-order valence-corrected chi connectivity index (χ1v) is 4.97. The van der Waals surface area contributed by atoms with Crippen molar-refractivity contribution in [2.24, 2.45) is 0 Å². The molecule has 0 unspecified atom stereocenters. The number of halogens is 1. The number of hydrogen-bond acceptors (Lipinski definition) is 2. The van der Waals surface area contributed by atoms with Crippen LogP contribution in [0, 0.1) is 0 Å². The lowest BCUT2D eigenvalue weighted by Gasteiger charge is -2.04. The summed E-state index contributed by atoms with van der Waals surface area (Å²) >= 11 is 5.76. The van der Waals surface area contributed by atoms with E-state index in [0.717, 1.165) is 11.1 Å². The molecule has 0 saturated carbocycles. The van der Waals surface area contributed by atoms with E-state index < -0.39 is 0 Å². The van der Waals surface area contributed by atoms with Gasteiger partial charge in [0.1, 0.15) is 0 Å². The quantitative estimate of drug-likeness (QED) is 0.581. The zero-order valence-electron chi connectivity index (χ0n) is 8.63. The molecule has 0 spiro atoms. The normalized spacial score (nSPS) is 9.73. The SMILES string of the molecule is C=C(CC(=O)OC)Cc1ccc(Cl)cc1. The van der Waals surface area contributed by atoms with Crippen LogP contribution in [0.25, 0.3) is 0 Å². The molecule has 2 nitrogen and oxygen atoms in total. The number of rotatable bonds is 4. The maximum Gasteiger partial charge on any atom is 0.309 e. The van der Waals surface area contributed by atoms with Gasteiger partial charge in [-0.15, -0.1) is 0 Å². The molecule has 0 atom stereocenters. The Bertz CT molecular complexity index is 354. The van der Waals surface area contributed by atoms with Crippen LogP contribution in [0.15, 0.2) is 36.4 Å². The van der Waals surface area contributed by atoms with Gasteiger partial charge in [-0.3, -0.25) is 4.79 Å². The molecule has 80 valence electrons. The van der Waals surface area contributed by atoms with E-state index in [0.29, 0.717) is 11.4 Å². The van der Waals surface area contributed by atoms with Gasteiger partial charge < -0.3 is 4.74 Å². The largest absolute Gasteiger partial charge is 0.469 e. The number of methoxy groups -OCH3 is 1. The highest BCUT2D eigenvalue weighted by Crippen LogP contribution is 2.14. The molecule has 1 rings (SSSR count). The average Bonchev–Trinajstić information content (AvgIpc) is 2.21.